The maximum absolute atomic E-state index is 13.6. The lowest BCUT2D eigenvalue weighted by Gasteiger charge is -2.09. The Labute approximate surface area is 172 Å². The highest BCUT2D eigenvalue weighted by molar-refractivity contribution is 6.21. The number of halogens is 1. The lowest BCUT2D eigenvalue weighted by molar-refractivity contribution is -0.136. The Balaban J connectivity index is 1.84. The highest BCUT2D eigenvalue weighted by Crippen LogP contribution is 2.32. The first-order valence-corrected chi connectivity index (χ1v) is 9.46. The molecule has 6 heteroatoms. The fourth-order valence-corrected chi connectivity index (χ4v) is 3.37. The third kappa shape index (κ3) is 4.07. The Bertz CT molecular complexity index is 1230. The number of rotatable bonds is 6. The smallest absolute Gasteiger partial charge is 0.303 e. The molecule has 3 aromatic carbocycles. The number of carboxylic acid groups (broad SMARTS) is 1. The van der Waals surface area contributed by atoms with Crippen LogP contribution in [-0.2, 0) is 11.2 Å². The number of benzene rings is 3. The minimum Gasteiger partial charge on any atom is -0.494 e. The predicted octanol–water partition coefficient (Wildman–Crippen LogP) is 5.20. The van der Waals surface area contributed by atoms with Crippen LogP contribution in [0.25, 0.3) is 10.9 Å². The molecule has 1 aromatic heterocycles. The minimum atomic E-state index is -0.846. The molecule has 150 valence electrons. The number of aliphatic imine (C=N–C) groups is 1. The Morgan fingerprint density at radius 3 is 2.43 bits per heavy atom. The SMILES string of the molecule is O=C(O)CCc1ccc(C(=Nc2ccccc2)c2c(O)[nH]c3cc(F)ccc23)cc1. The number of carboxylic acids is 1. The number of para-hydroxylation sites is 1. The maximum atomic E-state index is 13.6. The van der Waals surface area contributed by atoms with Crippen molar-refractivity contribution in [2.45, 2.75) is 12.8 Å². The summed E-state index contributed by atoms with van der Waals surface area (Å²) in [5, 5.41) is 20.1. The molecule has 5 nitrogen and oxygen atoms in total. The van der Waals surface area contributed by atoms with Gasteiger partial charge in [-0.15, -0.1) is 0 Å². The number of hydrogen-bond acceptors (Lipinski definition) is 3. The molecular weight excluding hydrogens is 383 g/mol. The van der Waals surface area contributed by atoms with Crippen LogP contribution >= 0.6 is 0 Å². The van der Waals surface area contributed by atoms with Crippen LogP contribution in [0, 0.1) is 5.82 Å². The number of fused-ring (bicyclic) bond motifs is 1. The van der Waals surface area contributed by atoms with Crippen LogP contribution < -0.4 is 0 Å². The van der Waals surface area contributed by atoms with E-state index in [0.29, 0.717) is 34.3 Å². The quantitative estimate of drug-likeness (QED) is 0.388. The molecule has 0 spiro atoms. The summed E-state index contributed by atoms with van der Waals surface area (Å²) in [5.74, 6) is -1.35. The van der Waals surface area contributed by atoms with E-state index in [4.69, 9.17) is 10.1 Å². The van der Waals surface area contributed by atoms with E-state index < -0.39 is 11.8 Å². The van der Waals surface area contributed by atoms with E-state index >= 15 is 0 Å². The molecule has 1 heterocycles. The van der Waals surface area contributed by atoms with Crippen LogP contribution in [0.5, 0.6) is 5.88 Å². The first-order valence-electron chi connectivity index (χ1n) is 9.46. The van der Waals surface area contributed by atoms with E-state index in [-0.39, 0.29) is 12.3 Å². The van der Waals surface area contributed by atoms with Crippen LogP contribution in [0.3, 0.4) is 0 Å². The monoisotopic (exact) mass is 402 g/mol. The molecule has 0 aliphatic heterocycles. The van der Waals surface area contributed by atoms with Crippen molar-refractivity contribution >= 4 is 28.3 Å². The highest BCUT2D eigenvalue weighted by atomic mass is 19.1. The van der Waals surface area contributed by atoms with Crippen LogP contribution in [0.15, 0.2) is 77.8 Å². The minimum absolute atomic E-state index is 0.0547. The van der Waals surface area contributed by atoms with Gasteiger partial charge in [0.2, 0.25) is 0 Å². The maximum Gasteiger partial charge on any atom is 0.303 e. The van der Waals surface area contributed by atoms with Gasteiger partial charge in [-0.05, 0) is 42.3 Å². The number of aromatic amines is 1. The first-order chi connectivity index (χ1) is 14.5. The number of nitrogens with zero attached hydrogens (tertiary/aromatic N) is 1. The molecule has 4 aromatic rings. The molecule has 0 fully saturated rings. The van der Waals surface area contributed by atoms with Crippen molar-refractivity contribution in [2.24, 2.45) is 4.99 Å². The van der Waals surface area contributed by atoms with Gasteiger partial charge in [-0.25, -0.2) is 9.38 Å². The zero-order valence-corrected chi connectivity index (χ0v) is 16.0. The first kappa shape index (κ1) is 19.4. The summed E-state index contributed by atoms with van der Waals surface area (Å²) >= 11 is 0. The van der Waals surface area contributed by atoms with E-state index in [2.05, 4.69) is 4.98 Å². The van der Waals surface area contributed by atoms with Crippen molar-refractivity contribution in [1.82, 2.24) is 4.98 Å². The second kappa shape index (κ2) is 8.21. The summed E-state index contributed by atoms with van der Waals surface area (Å²) in [6.45, 7) is 0. The molecule has 0 unspecified atom stereocenters. The Hall–Kier alpha value is -3.93. The average molecular weight is 402 g/mol. The van der Waals surface area contributed by atoms with Gasteiger partial charge in [-0.1, -0.05) is 42.5 Å². The second-order valence-corrected chi connectivity index (χ2v) is 6.93. The number of nitrogens with one attached hydrogen (secondary N) is 1. The summed E-state index contributed by atoms with van der Waals surface area (Å²) in [6.07, 6.45) is 0.484. The van der Waals surface area contributed by atoms with Gasteiger partial charge < -0.3 is 15.2 Å². The molecule has 0 atom stereocenters. The zero-order chi connectivity index (χ0) is 21.1. The lowest BCUT2D eigenvalue weighted by atomic mass is 9.98. The van der Waals surface area contributed by atoms with E-state index in [1.807, 2.05) is 54.6 Å². The summed E-state index contributed by atoms with van der Waals surface area (Å²) < 4.78 is 13.6. The van der Waals surface area contributed by atoms with Gasteiger partial charge >= 0.3 is 5.97 Å². The summed E-state index contributed by atoms with van der Waals surface area (Å²) in [6, 6.07) is 21.0. The largest absolute Gasteiger partial charge is 0.494 e. The van der Waals surface area contributed by atoms with E-state index in [1.165, 1.54) is 12.1 Å². The summed E-state index contributed by atoms with van der Waals surface area (Å²) in [5.41, 5.74) is 3.83. The zero-order valence-electron chi connectivity index (χ0n) is 16.0. The number of carbonyl (C=O) groups is 1. The highest BCUT2D eigenvalue weighted by Gasteiger charge is 2.19. The molecule has 3 N–H and O–H groups in total. The number of H-pyrrole nitrogens is 1. The Morgan fingerprint density at radius 1 is 1.00 bits per heavy atom. The van der Waals surface area contributed by atoms with Crippen molar-refractivity contribution in [1.29, 1.82) is 0 Å². The van der Waals surface area contributed by atoms with E-state index in [9.17, 15) is 14.3 Å². The molecule has 0 amide bonds. The Kier molecular flexibility index (Phi) is 5.30. The van der Waals surface area contributed by atoms with E-state index in [0.717, 1.165) is 11.1 Å². The topological polar surface area (TPSA) is 85.7 Å². The van der Waals surface area contributed by atoms with Crippen molar-refractivity contribution < 1.29 is 19.4 Å². The van der Waals surface area contributed by atoms with Crippen LogP contribution in [0.4, 0.5) is 10.1 Å². The van der Waals surface area contributed by atoms with Gasteiger partial charge in [-0.3, -0.25) is 4.79 Å². The summed E-state index contributed by atoms with van der Waals surface area (Å²) in [4.78, 5) is 18.4. The van der Waals surface area contributed by atoms with Crippen LogP contribution in [0.2, 0.25) is 0 Å². The average Bonchev–Trinajstić information content (AvgIpc) is 3.06. The third-order valence-corrected chi connectivity index (χ3v) is 4.83. The number of aromatic nitrogens is 1. The summed E-state index contributed by atoms with van der Waals surface area (Å²) in [7, 11) is 0. The molecule has 0 aliphatic carbocycles. The van der Waals surface area contributed by atoms with Gasteiger partial charge in [-0.2, -0.15) is 0 Å². The van der Waals surface area contributed by atoms with Gasteiger partial charge in [0, 0.05) is 17.4 Å². The normalized spacial score (nSPS) is 11.7. The molecule has 0 aliphatic rings. The van der Waals surface area contributed by atoms with Crippen LogP contribution in [-0.4, -0.2) is 26.9 Å². The van der Waals surface area contributed by atoms with Gasteiger partial charge in [0.25, 0.3) is 0 Å². The number of aromatic hydroxyl groups is 1. The lowest BCUT2D eigenvalue weighted by Crippen LogP contribution is -2.04. The molecule has 30 heavy (non-hydrogen) atoms. The fraction of sp³-hybridized carbons (Fsp3) is 0.0833. The molecule has 0 radical (unpaired) electrons. The van der Waals surface area contributed by atoms with Crippen LogP contribution in [0.1, 0.15) is 23.1 Å². The number of aliphatic carboxylic acids is 1. The van der Waals surface area contributed by atoms with Gasteiger partial charge in [0.05, 0.1) is 22.5 Å². The number of hydrogen-bond donors (Lipinski definition) is 3. The van der Waals surface area contributed by atoms with Crippen molar-refractivity contribution in [3.63, 3.8) is 0 Å². The Morgan fingerprint density at radius 2 is 1.73 bits per heavy atom. The van der Waals surface area contributed by atoms with Gasteiger partial charge in [0.1, 0.15) is 5.82 Å². The standard InChI is InChI=1S/C24H19FN2O3/c25-17-11-12-19-20(14-17)27-24(30)22(19)23(26-18-4-2-1-3-5-18)16-9-6-15(7-10-16)8-13-21(28)29/h1-7,9-12,14,27,30H,8,13H2,(H,28,29). The van der Waals surface area contributed by atoms with Crippen molar-refractivity contribution in [2.75, 3.05) is 0 Å². The van der Waals surface area contributed by atoms with Gasteiger partial charge in [0.15, 0.2) is 5.88 Å². The number of aryl methyl sites for hydroxylation is 1. The second-order valence-electron chi connectivity index (χ2n) is 6.93. The molecule has 0 saturated carbocycles. The fourth-order valence-electron chi connectivity index (χ4n) is 3.37. The molecular formula is C24H19FN2O3. The molecule has 0 saturated heterocycles. The third-order valence-electron chi connectivity index (χ3n) is 4.83. The van der Waals surface area contributed by atoms with Crippen molar-refractivity contribution in [3.05, 3.63) is 95.3 Å². The van der Waals surface area contributed by atoms with E-state index in [1.54, 1.807) is 6.07 Å². The van der Waals surface area contributed by atoms with Crippen molar-refractivity contribution in [3.8, 4) is 5.88 Å². The molecule has 0 bridgehead atoms. The predicted molar refractivity (Wildman–Crippen MR) is 114 cm³/mol. The molecule has 4 rings (SSSR count).